The highest BCUT2D eigenvalue weighted by Crippen LogP contribution is 2.26. The number of anilines is 1. The third-order valence-electron chi connectivity index (χ3n) is 3.02. The van der Waals surface area contributed by atoms with E-state index >= 15 is 0 Å². The number of hydrogen-bond donors (Lipinski definition) is 1. The zero-order valence-electron chi connectivity index (χ0n) is 10.5. The molecule has 1 aromatic carbocycles. The van der Waals surface area contributed by atoms with Crippen LogP contribution in [0.5, 0.6) is 0 Å². The van der Waals surface area contributed by atoms with Crippen LogP contribution < -0.4 is 5.32 Å². The van der Waals surface area contributed by atoms with E-state index in [2.05, 4.69) is 10.2 Å². The molecule has 0 bridgehead atoms. The average Bonchev–Trinajstić information content (AvgIpc) is 2.39. The topological polar surface area (TPSA) is 67.6 Å². The van der Waals surface area contributed by atoms with Gasteiger partial charge in [0.05, 0.1) is 18.1 Å². The monoisotopic (exact) mass is 269 g/mol. The van der Waals surface area contributed by atoms with Crippen molar-refractivity contribution in [1.29, 1.82) is 0 Å². The lowest BCUT2D eigenvalue weighted by atomic mass is 10.2. The molecule has 0 spiro atoms. The predicted octanol–water partition coefficient (Wildman–Crippen LogP) is 1.48. The summed E-state index contributed by atoms with van der Waals surface area (Å²) in [4.78, 5) is 12.3. The van der Waals surface area contributed by atoms with E-state index in [0.717, 1.165) is 25.7 Å². The maximum atomic E-state index is 13.4. The van der Waals surface area contributed by atoms with Crippen LogP contribution in [0.1, 0.15) is 0 Å². The first kappa shape index (κ1) is 13.7. The van der Waals surface area contributed by atoms with Crippen molar-refractivity contribution in [3.8, 4) is 0 Å². The van der Waals surface area contributed by atoms with Crippen molar-refractivity contribution < 1.29 is 14.1 Å². The number of nitrogens with zero attached hydrogens (tertiary/aromatic N) is 2. The van der Waals surface area contributed by atoms with Gasteiger partial charge in [0.25, 0.3) is 0 Å². The lowest BCUT2D eigenvalue weighted by Gasteiger charge is -2.26. The zero-order chi connectivity index (χ0) is 13.7. The predicted molar refractivity (Wildman–Crippen MR) is 68.8 cm³/mol. The molecule has 0 aliphatic carbocycles. The molecule has 1 saturated heterocycles. The lowest BCUT2D eigenvalue weighted by molar-refractivity contribution is -0.386. The number of nitro groups is 1. The molecule has 0 aromatic heterocycles. The Bertz CT molecular complexity index is 450. The van der Waals surface area contributed by atoms with E-state index in [-0.39, 0.29) is 5.69 Å². The van der Waals surface area contributed by atoms with E-state index < -0.39 is 16.4 Å². The molecule has 0 saturated carbocycles. The van der Waals surface area contributed by atoms with Gasteiger partial charge in [0.1, 0.15) is 5.69 Å². The van der Waals surface area contributed by atoms with Crippen molar-refractivity contribution >= 4 is 11.4 Å². The summed E-state index contributed by atoms with van der Waals surface area (Å²) in [5, 5.41) is 13.7. The summed E-state index contributed by atoms with van der Waals surface area (Å²) in [7, 11) is 0. The number of morpholine rings is 1. The molecule has 1 fully saturated rings. The summed E-state index contributed by atoms with van der Waals surface area (Å²) in [6.45, 7) is 4.40. The van der Waals surface area contributed by atoms with E-state index in [1.54, 1.807) is 0 Å². The molecule has 0 amide bonds. The Hall–Kier alpha value is -1.73. The molecule has 1 aromatic rings. The van der Waals surface area contributed by atoms with Gasteiger partial charge < -0.3 is 10.1 Å². The van der Waals surface area contributed by atoms with Gasteiger partial charge in [-0.1, -0.05) is 6.07 Å². The van der Waals surface area contributed by atoms with Crippen LogP contribution in [0.15, 0.2) is 18.2 Å². The molecule has 1 aliphatic heterocycles. The zero-order valence-corrected chi connectivity index (χ0v) is 10.5. The summed E-state index contributed by atoms with van der Waals surface area (Å²) in [6, 6.07) is 4.06. The molecule has 1 aliphatic rings. The smallest absolute Gasteiger partial charge is 0.327 e. The first-order valence-corrected chi connectivity index (χ1v) is 6.15. The van der Waals surface area contributed by atoms with Crippen LogP contribution in [0.2, 0.25) is 0 Å². The Balaban J connectivity index is 1.92. The molecular weight excluding hydrogens is 253 g/mol. The normalized spacial score (nSPS) is 16.3. The van der Waals surface area contributed by atoms with Crippen molar-refractivity contribution in [3.05, 3.63) is 34.1 Å². The van der Waals surface area contributed by atoms with Crippen molar-refractivity contribution in [3.63, 3.8) is 0 Å². The van der Waals surface area contributed by atoms with Gasteiger partial charge in [0.2, 0.25) is 5.82 Å². The summed E-state index contributed by atoms with van der Waals surface area (Å²) in [5.74, 6) is -0.818. The Kier molecular flexibility index (Phi) is 4.64. The van der Waals surface area contributed by atoms with Crippen LogP contribution in [0.25, 0.3) is 0 Å². The van der Waals surface area contributed by atoms with Crippen LogP contribution in [-0.2, 0) is 4.74 Å². The summed E-state index contributed by atoms with van der Waals surface area (Å²) < 4.78 is 18.6. The number of hydrogen-bond acceptors (Lipinski definition) is 5. The third kappa shape index (κ3) is 3.62. The van der Waals surface area contributed by atoms with Crippen molar-refractivity contribution in [2.45, 2.75) is 0 Å². The molecular formula is C12H16FN3O3. The molecule has 0 unspecified atom stereocenters. The van der Waals surface area contributed by atoms with E-state index in [9.17, 15) is 14.5 Å². The number of nitro benzene ring substituents is 1. The molecule has 0 atom stereocenters. The standard InChI is InChI=1S/C12H16FN3O3/c13-10-2-1-3-11(12(10)16(17)18)14-4-5-15-6-8-19-9-7-15/h1-3,14H,4-9H2. The number of ether oxygens (including phenoxy) is 1. The molecule has 1 N–H and O–H groups in total. The molecule has 0 radical (unpaired) electrons. The van der Waals surface area contributed by atoms with E-state index in [1.807, 2.05) is 0 Å². The Morgan fingerprint density at radius 3 is 2.84 bits per heavy atom. The van der Waals surface area contributed by atoms with Gasteiger partial charge >= 0.3 is 5.69 Å². The maximum Gasteiger partial charge on any atom is 0.327 e. The van der Waals surface area contributed by atoms with Crippen LogP contribution in [-0.4, -0.2) is 49.2 Å². The van der Waals surface area contributed by atoms with Crippen LogP contribution in [0, 0.1) is 15.9 Å². The lowest BCUT2D eigenvalue weighted by Crippen LogP contribution is -2.39. The summed E-state index contributed by atoms with van der Waals surface area (Å²) in [5.41, 5.74) is -0.275. The molecule has 6 nitrogen and oxygen atoms in total. The van der Waals surface area contributed by atoms with Gasteiger partial charge in [0.15, 0.2) is 0 Å². The molecule has 19 heavy (non-hydrogen) atoms. The molecule has 2 rings (SSSR count). The van der Waals surface area contributed by atoms with Gasteiger partial charge in [-0.15, -0.1) is 0 Å². The average molecular weight is 269 g/mol. The number of nitrogens with one attached hydrogen (secondary N) is 1. The fourth-order valence-corrected chi connectivity index (χ4v) is 2.02. The first-order valence-electron chi connectivity index (χ1n) is 6.15. The highest BCUT2D eigenvalue weighted by molar-refractivity contribution is 5.61. The van der Waals surface area contributed by atoms with Gasteiger partial charge in [-0.3, -0.25) is 15.0 Å². The summed E-state index contributed by atoms with van der Waals surface area (Å²) in [6.07, 6.45) is 0. The van der Waals surface area contributed by atoms with E-state index in [0.29, 0.717) is 19.8 Å². The second-order valence-electron chi connectivity index (χ2n) is 4.27. The van der Waals surface area contributed by atoms with Crippen molar-refractivity contribution in [1.82, 2.24) is 4.90 Å². The second-order valence-corrected chi connectivity index (χ2v) is 4.27. The number of para-hydroxylation sites is 1. The largest absolute Gasteiger partial charge is 0.379 e. The van der Waals surface area contributed by atoms with Gasteiger partial charge in [-0.2, -0.15) is 4.39 Å². The fraction of sp³-hybridized carbons (Fsp3) is 0.500. The minimum Gasteiger partial charge on any atom is -0.379 e. The van der Waals surface area contributed by atoms with Crippen molar-refractivity contribution in [2.24, 2.45) is 0 Å². The fourth-order valence-electron chi connectivity index (χ4n) is 2.02. The Morgan fingerprint density at radius 2 is 2.16 bits per heavy atom. The van der Waals surface area contributed by atoms with Crippen LogP contribution in [0.3, 0.4) is 0 Å². The Morgan fingerprint density at radius 1 is 1.42 bits per heavy atom. The Labute approximate surface area is 110 Å². The SMILES string of the molecule is O=[N+]([O-])c1c(F)cccc1NCCN1CCOCC1. The van der Waals surface area contributed by atoms with E-state index in [4.69, 9.17) is 4.74 Å². The van der Waals surface area contributed by atoms with Crippen molar-refractivity contribution in [2.75, 3.05) is 44.7 Å². The molecule has 104 valence electrons. The third-order valence-corrected chi connectivity index (χ3v) is 3.02. The maximum absolute atomic E-state index is 13.4. The van der Waals surface area contributed by atoms with Gasteiger partial charge in [-0.25, -0.2) is 0 Å². The van der Waals surface area contributed by atoms with Gasteiger partial charge in [-0.05, 0) is 12.1 Å². The number of benzene rings is 1. The molecule has 1 heterocycles. The minimum atomic E-state index is -0.818. The molecule has 7 heteroatoms. The minimum absolute atomic E-state index is 0.221. The first-order chi connectivity index (χ1) is 9.18. The highest BCUT2D eigenvalue weighted by Gasteiger charge is 2.19. The van der Waals surface area contributed by atoms with E-state index in [1.165, 1.54) is 12.1 Å². The highest BCUT2D eigenvalue weighted by atomic mass is 19.1. The van der Waals surface area contributed by atoms with Crippen LogP contribution >= 0.6 is 0 Å². The number of halogens is 1. The number of rotatable bonds is 5. The quantitative estimate of drug-likeness (QED) is 0.647. The van der Waals surface area contributed by atoms with Crippen LogP contribution in [0.4, 0.5) is 15.8 Å². The second kappa shape index (κ2) is 6.44. The van der Waals surface area contributed by atoms with Gasteiger partial charge in [0, 0.05) is 26.2 Å². The summed E-state index contributed by atoms with van der Waals surface area (Å²) >= 11 is 0.